The number of rotatable bonds is 4. The molecule has 1 aromatic heterocycles. The summed E-state index contributed by atoms with van der Waals surface area (Å²) in [7, 11) is 0. The van der Waals surface area contributed by atoms with Crippen LogP contribution in [0.5, 0.6) is 0 Å². The summed E-state index contributed by atoms with van der Waals surface area (Å²) in [6.07, 6.45) is 6.25. The fourth-order valence-corrected chi connectivity index (χ4v) is 2.48. The molecule has 3 N–H and O–H groups in total. The number of nitrogens with two attached hydrogens (primary N) is 1. The molecule has 1 fully saturated rings. The molecule has 6 heteroatoms. The number of urea groups is 1. The lowest BCUT2D eigenvalue weighted by Crippen LogP contribution is -2.50. The van der Waals surface area contributed by atoms with E-state index in [1.165, 1.54) is 0 Å². The smallest absolute Gasteiger partial charge is 0.321 e. The molecule has 0 radical (unpaired) electrons. The van der Waals surface area contributed by atoms with Gasteiger partial charge in [0.05, 0.1) is 0 Å². The second-order valence-electron chi connectivity index (χ2n) is 5.12. The van der Waals surface area contributed by atoms with Crippen LogP contribution in [0.2, 0.25) is 0 Å². The van der Waals surface area contributed by atoms with Gasteiger partial charge in [0.2, 0.25) is 0 Å². The lowest BCUT2D eigenvalue weighted by Gasteiger charge is -2.36. The Balaban J connectivity index is 1.80. The van der Waals surface area contributed by atoms with Crippen molar-refractivity contribution in [1.29, 1.82) is 0 Å². The van der Waals surface area contributed by atoms with Gasteiger partial charge in [-0.3, -0.25) is 10.8 Å². The third-order valence-corrected chi connectivity index (χ3v) is 3.63. The number of hydrogen-bond donors (Lipinski definition) is 2. The van der Waals surface area contributed by atoms with Crippen LogP contribution in [0.1, 0.15) is 26.2 Å². The van der Waals surface area contributed by atoms with E-state index in [-0.39, 0.29) is 6.03 Å². The molecular weight excluding hydrogens is 254 g/mol. The van der Waals surface area contributed by atoms with Crippen molar-refractivity contribution in [3.05, 3.63) is 24.5 Å². The lowest BCUT2D eigenvalue weighted by atomic mass is 10.0. The Morgan fingerprint density at radius 2 is 2.10 bits per heavy atom. The molecule has 20 heavy (non-hydrogen) atoms. The largest absolute Gasteiger partial charge is 0.324 e. The molecule has 2 heterocycles. The van der Waals surface area contributed by atoms with Crippen molar-refractivity contribution < 1.29 is 4.79 Å². The van der Waals surface area contributed by atoms with Gasteiger partial charge in [-0.05, 0) is 31.4 Å². The Kier molecular flexibility index (Phi) is 5.31. The first-order valence-electron chi connectivity index (χ1n) is 7.18. The van der Waals surface area contributed by atoms with Crippen molar-refractivity contribution in [2.24, 2.45) is 5.84 Å². The van der Waals surface area contributed by atoms with Crippen molar-refractivity contribution in [2.45, 2.75) is 32.2 Å². The van der Waals surface area contributed by atoms with E-state index in [1.54, 1.807) is 24.5 Å². The minimum absolute atomic E-state index is 0.0475. The van der Waals surface area contributed by atoms with Crippen LogP contribution in [0, 0.1) is 0 Å². The molecule has 0 bridgehead atoms. The molecule has 0 atom stereocenters. The summed E-state index contributed by atoms with van der Waals surface area (Å²) >= 11 is 0. The first-order chi connectivity index (χ1) is 9.70. The Bertz CT molecular complexity index is 417. The van der Waals surface area contributed by atoms with E-state index in [4.69, 9.17) is 5.84 Å². The maximum atomic E-state index is 12.1. The number of likely N-dealkylation sites (tertiary alicyclic amines) is 1. The summed E-state index contributed by atoms with van der Waals surface area (Å²) in [6, 6.07) is 3.91. The molecule has 1 aromatic rings. The second kappa shape index (κ2) is 7.21. The molecule has 6 nitrogen and oxygen atoms in total. The molecule has 0 saturated carbocycles. The Hall–Kier alpha value is -1.66. The molecular formula is C14H23N5O. The summed E-state index contributed by atoms with van der Waals surface area (Å²) in [4.78, 5) is 17.9. The third kappa shape index (κ3) is 3.91. The normalized spacial score (nSPS) is 16.4. The highest BCUT2D eigenvalue weighted by atomic mass is 16.2. The number of aromatic nitrogens is 1. The molecule has 0 unspecified atom stereocenters. The van der Waals surface area contributed by atoms with E-state index >= 15 is 0 Å². The zero-order valence-electron chi connectivity index (χ0n) is 12.0. The molecule has 2 amide bonds. The van der Waals surface area contributed by atoms with Gasteiger partial charge in [-0.25, -0.2) is 9.80 Å². The number of hydrogen-bond acceptors (Lipinski definition) is 4. The van der Waals surface area contributed by atoms with E-state index in [9.17, 15) is 4.79 Å². The number of carbonyl (C=O) groups is 1. The SMILES string of the molecule is CCCN(N)C1CCN(C(=O)Nc2ccncc2)CC1. The standard InChI is InChI=1S/C14H23N5O/c1-2-9-19(15)13-5-10-18(11-6-13)14(20)17-12-3-7-16-8-4-12/h3-4,7-8,13H,2,5-6,9-11,15H2,1H3,(H,16,17,20). The Morgan fingerprint density at radius 3 is 2.70 bits per heavy atom. The average Bonchev–Trinajstić information content (AvgIpc) is 2.48. The van der Waals surface area contributed by atoms with E-state index in [0.29, 0.717) is 6.04 Å². The van der Waals surface area contributed by atoms with E-state index in [2.05, 4.69) is 17.2 Å². The maximum Gasteiger partial charge on any atom is 0.321 e. The highest BCUT2D eigenvalue weighted by molar-refractivity contribution is 5.89. The van der Waals surface area contributed by atoms with Gasteiger partial charge in [-0.15, -0.1) is 0 Å². The fourth-order valence-electron chi connectivity index (χ4n) is 2.48. The molecule has 0 aromatic carbocycles. The molecule has 0 spiro atoms. The molecule has 0 aliphatic carbocycles. The van der Waals surface area contributed by atoms with E-state index in [1.807, 2.05) is 9.91 Å². The van der Waals surface area contributed by atoms with Crippen molar-refractivity contribution in [2.75, 3.05) is 25.0 Å². The van der Waals surface area contributed by atoms with Crippen LogP contribution < -0.4 is 11.2 Å². The topological polar surface area (TPSA) is 74.5 Å². The molecule has 1 saturated heterocycles. The van der Waals surface area contributed by atoms with Gasteiger partial charge in [-0.2, -0.15) is 0 Å². The number of carbonyl (C=O) groups excluding carboxylic acids is 1. The van der Waals surface area contributed by atoms with Crippen LogP contribution in [-0.4, -0.2) is 46.6 Å². The van der Waals surface area contributed by atoms with Crippen LogP contribution in [0.3, 0.4) is 0 Å². The van der Waals surface area contributed by atoms with Gasteiger partial charge in [-0.1, -0.05) is 6.92 Å². The van der Waals surface area contributed by atoms with Gasteiger partial charge in [0, 0.05) is 43.8 Å². The maximum absolute atomic E-state index is 12.1. The molecule has 1 aliphatic rings. The van der Waals surface area contributed by atoms with Crippen molar-refractivity contribution in [3.63, 3.8) is 0 Å². The quantitative estimate of drug-likeness (QED) is 0.648. The van der Waals surface area contributed by atoms with Crippen molar-refractivity contribution >= 4 is 11.7 Å². The predicted molar refractivity (Wildman–Crippen MR) is 79.0 cm³/mol. The van der Waals surface area contributed by atoms with Crippen LogP contribution in [0.4, 0.5) is 10.5 Å². The van der Waals surface area contributed by atoms with Crippen LogP contribution in [0.15, 0.2) is 24.5 Å². The fraction of sp³-hybridized carbons (Fsp3) is 0.571. The van der Waals surface area contributed by atoms with E-state index < -0.39 is 0 Å². The summed E-state index contributed by atoms with van der Waals surface area (Å²) in [5.74, 6) is 6.01. The first kappa shape index (κ1) is 14.7. The van der Waals surface area contributed by atoms with Gasteiger partial charge in [0.1, 0.15) is 0 Å². The highest BCUT2D eigenvalue weighted by Gasteiger charge is 2.25. The summed E-state index contributed by atoms with van der Waals surface area (Å²) in [5, 5.41) is 4.80. The van der Waals surface area contributed by atoms with E-state index in [0.717, 1.165) is 44.6 Å². The lowest BCUT2D eigenvalue weighted by molar-refractivity contribution is 0.122. The zero-order chi connectivity index (χ0) is 14.4. The first-order valence-corrected chi connectivity index (χ1v) is 7.18. The molecule has 1 aliphatic heterocycles. The number of anilines is 1. The van der Waals surface area contributed by atoms with Gasteiger partial charge < -0.3 is 10.2 Å². The van der Waals surface area contributed by atoms with Crippen molar-refractivity contribution in [1.82, 2.24) is 14.9 Å². The molecule has 110 valence electrons. The van der Waals surface area contributed by atoms with Crippen LogP contribution >= 0.6 is 0 Å². The van der Waals surface area contributed by atoms with Gasteiger partial charge in [0.25, 0.3) is 0 Å². The molecule has 2 rings (SSSR count). The zero-order valence-corrected chi connectivity index (χ0v) is 12.0. The minimum atomic E-state index is -0.0475. The number of pyridine rings is 1. The number of piperidine rings is 1. The Labute approximate surface area is 119 Å². The van der Waals surface area contributed by atoms with Crippen LogP contribution in [0.25, 0.3) is 0 Å². The number of nitrogens with one attached hydrogen (secondary N) is 1. The summed E-state index contributed by atoms with van der Waals surface area (Å²) in [6.45, 7) is 4.53. The predicted octanol–water partition coefficient (Wildman–Crippen LogP) is 1.66. The van der Waals surface area contributed by atoms with Gasteiger partial charge in [0.15, 0.2) is 0 Å². The third-order valence-electron chi connectivity index (χ3n) is 3.63. The second-order valence-corrected chi connectivity index (χ2v) is 5.12. The monoisotopic (exact) mass is 277 g/mol. The average molecular weight is 277 g/mol. The minimum Gasteiger partial charge on any atom is -0.324 e. The number of amides is 2. The number of hydrazine groups is 1. The van der Waals surface area contributed by atoms with Gasteiger partial charge >= 0.3 is 6.03 Å². The van der Waals surface area contributed by atoms with Crippen LogP contribution in [-0.2, 0) is 0 Å². The Morgan fingerprint density at radius 1 is 1.45 bits per heavy atom. The number of nitrogens with zero attached hydrogens (tertiary/aromatic N) is 3. The van der Waals surface area contributed by atoms with Crippen molar-refractivity contribution in [3.8, 4) is 0 Å². The summed E-state index contributed by atoms with van der Waals surface area (Å²) in [5.41, 5.74) is 0.776. The summed E-state index contributed by atoms with van der Waals surface area (Å²) < 4.78 is 0. The highest BCUT2D eigenvalue weighted by Crippen LogP contribution is 2.16.